The first-order valence-corrected chi connectivity index (χ1v) is 7.97. The summed E-state index contributed by atoms with van der Waals surface area (Å²) < 4.78 is 0. The van der Waals surface area contributed by atoms with Crippen LogP contribution < -0.4 is 5.32 Å². The Hall–Kier alpha value is -0.340. The van der Waals surface area contributed by atoms with Crippen molar-refractivity contribution < 1.29 is 0 Å². The van der Waals surface area contributed by atoms with Crippen molar-refractivity contribution in [2.45, 2.75) is 75.9 Å². The van der Waals surface area contributed by atoms with Gasteiger partial charge in [-0.3, -0.25) is 4.90 Å². The summed E-state index contributed by atoms with van der Waals surface area (Å²) in [6, 6.07) is 2.52. The van der Waals surface area contributed by atoms with Crippen molar-refractivity contribution in [1.29, 1.82) is 0 Å². The Morgan fingerprint density at radius 3 is 2.61 bits per heavy atom. The molecule has 2 heteroatoms. The Kier molecular flexibility index (Phi) is 4.05. The Morgan fingerprint density at radius 2 is 2.00 bits per heavy atom. The van der Waals surface area contributed by atoms with E-state index >= 15 is 0 Å². The van der Waals surface area contributed by atoms with Crippen molar-refractivity contribution >= 4 is 0 Å². The summed E-state index contributed by atoms with van der Waals surface area (Å²) in [7, 11) is 2.14. The molecule has 3 aliphatic rings. The van der Waals surface area contributed by atoms with Crippen molar-refractivity contribution in [3.05, 3.63) is 11.6 Å². The van der Waals surface area contributed by atoms with Gasteiger partial charge in [0, 0.05) is 24.7 Å². The van der Waals surface area contributed by atoms with Crippen LogP contribution in [0.15, 0.2) is 11.6 Å². The summed E-state index contributed by atoms with van der Waals surface area (Å²) >= 11 is 0. The molecule has 2 unspecified atom stereocenters. The molecule has 0 amide bonds. The minimum Gasteiger partial charge on any atom is -0.317 e. The van der Waals surface area contributed by atoms with E-state index in [-0.39, 0.29) is 0 Å². The zero-order valence-electron chi connectivity index (χ0n) is 11.8. The summed E-state index contributed by atoms with van der Waals surface area (Å²) in [4.78, 5) is 2.86. The molecule has 2 heterocycles. The topological polar surface area (TPSA) is 15.3 Å². The minimum atomic E-state index is 0.780. The molecule has 0 aromatic carbocycles. The van der Waals surface area contributed by atoms with Gasteiger partial charge in [-0.15, -0.1) is 0 Å². The van der Waals surface area contributed by atoms with Gasteiger partial charge in [-0.1, -0.05) is 18.1 Å². The van der Waals surface area contributed by atoms with Gasteiger partial charge >= 0.3 is 0 Å². The summed E-state index contributed by atoms with van der Waals surface area (Å²) in [5.74, 6) is 0. The molecule has 0 aromatic rings. The van der Waals surface area contributed by atoms with Crippen LogP contribution >= 0.6 is 0 Å². The van der Waals surface area contributed by atoms with Gasteiger partial charge in [0.05, 0.1) is 0 Å². The third kappa shape index (κ3) is 2.65. The van der Waals surface area contributed by atoms with Crippen molar-refractivity contribution in [3.8, 4) is 0 Å². The average molecular weight is 248 g/mol. The van der Waals surface area contributed by atoms with Crippen LogP contribution in [0.1, 0.15) is 57.8 Å². The number of hydrogen-bond donors (Lipinski definition) is 1. The van der Waals surface area contributed by atoms with Crippen LogP contribution in [0.25, 0.3) is 0 Å². The van der Waals surface area contributed by atoms with Crippen molar-refractivity contribution in [2.75, 3.05) is 13.6 Å². The molecule has 1 aliphatic carbocycles. The molecule has 0 saturated carbocycles. The molecular weight excluding hydrogens is 220 g/mol. The lowest BCUT2D eigenvalue weighted by atomic mass is 9.81. The van der Waals surface area contributed by atoms with Crippen LogP contribution in [-0.2, 0) is 0 Å². The molecule has 0 spiro atoms. The Bertz CT molecular complexity index is 296. The normalized spacial score (nSPS) is 36.7. The lowest BCUT2D eigenvalue weighted by Crippen LogP contribution is -2.55. The number of hydrogen-bond acceptors (Lipinski definition) is 2. The SMILES string of the molecule is CNC1CC2CCCC(C1)N2CCC1=CCCC1. The highest BCUT2D eigenvalue weighted by atomic mass is 15.2. The smallest absolute Gasteiger partial charge is 0.0113 e. The minimum absolute atomic E-state index is 0.780. The van der Waals surface area contributed by atoms with Crippen LogP contribution in [0, 0.1) is 0 Å². The van der Waals surface area contributed by atoms with Crippen LogP contribution in [0.3, 0.4) is 0 Å². The molecule has 18 heavy (non-hydrogen) atoms. The summed E-state index contributed by atoms with van der Waals surface area (Å²) in [6.45, 7) is 1.33. The van der Waals surface area contributed by atoms with E-state index in [2.05, 4.69) is 23.3 Å². The molecule has 0 aromatic heterocycles. The fraction of sp³-hybridized carbons (Fsp3) is 0.875. The first-order valence-electron chi connectivity index (χ1n) is 7.97. The van der Waals surface area contributed by atoms with Gasteiger partial charge in [-0.25, -0.2) is 0 Å². The maximum atomic E-state index is 3.51. The maximum Gasteiger partial charge on any atom is 0.0113 e. The van der Waals surface area contributed by atoms with E-state index in [4.69, 9.17) is 0 Å². The Balaban J connectivity index is 1.57. The van der Waals surface area contributed by atoms with Crippen molar-refractivity contribution in [1.82, 2.24) is 10.2 Å². The third-order valence-corrected chi connectivity index (χ3v) is 5.36. The Morgan fingerprint density at radius 1 is 1.22 bits per heavy atom. The van der Waals surface area contributed by atoms with E-state index < -0.39 is 0 Å². The summed E-state index contributed by atoms with van der Waals surface area (Å²) in [5.41, 5.74) is 1.74. The molecular formula is C16H28N2. The fourth-order valence-electron chi connectivity index (χ4n) is 4.32. The van der Waals surface area contributed by atoms with Crippen molar-refractivity contribution in [2.24, 2.45) is 0 Å². The van der Waals surface area contributed by atoms with E-state index in [1.165, 1.54) is 64.3 Å². The van der Waals surface area contributed by atoms with E-state index in [1.807, 2.05) is 0 Å². The van der Waals surface area contributed by atoms with Gasteiger partial charge in [0.25, 0.3) is 0 Å². The van der Waals surface area contributed by atoms with Crippen LogP contribution in [0.2, 0.25) is 0 Å². The van der Waals surface area contributed by atoms with E-state index in [0.717, 1.165) is 18.1 Å². The highest BCUT2D eigenvalue weighted by molar-refractivity contribution is 5.08. The molecule has 2 fully saturated rings. The quantitative estimate of drug-likeness (QED) is 0.769. The number of nitrogens with one attached hydrogen (secondary N) is 1. The molecule has 2 atom stereocenters. The largest absolute Gasteiger partial charge is 0.317 e. The average Bonchev–Trinajstić information content (AvgIpc) is 2.88. The molecule has 3 rings (SSSR count). The number of rotatable bonds is 4. The number of nitrogens with zero attached hydrogens (tertiary/aromatic N) is 1. The second kappa shape index (κ2) is 5.75. The van der Waals surface area contributed by atoms with E-state index in [9.17, 15) is 0 Å². The van der Waals surface area contributed by atoms with Crippen LogP contribution in [-0.4, -0.2) is 36.6 Å². The molecule has 102 valence electrons. The van der Waals surface area contributed by atoms with Gasteiger partial charge in [-0.05, 0) is 58.4 Å². The predicted molar refractivity (Wildman–Crippen MR) is 76.8 cm³/mol. The third-order valence-electron chi connectivity index (χ3n) is 5.36. The molecule has 2 saturated heterocycles. The predicted octanol–water partition coefficient (Wildman–Crippen LogP) is 3.09. The zero-order chi connectivity index (χ0) is 12.4. The summed E-state index contributed by atoms with van der Waals surface area (Å²) in [5, 5.41) is 3.51. The fourth-order valence-corrected chi connectivity index (χ4v) is 4.32. The zero-order valence-corrected chi connectivity index (χ0v) is 11.8. The highest BCUT2D eigenvalue weighted by Gasteiger charge is 2.37. The number of piperidine rings is 2. The standard InChI is InChI=1S/C16H28N2/c1-17-14-11-15-7-4-8-16(12-14)18(15)10-9-13-5-2-3-6-13/h5,14-17H,2-4,6-12H2,1H3. The molecule has 2 nitrogen and oxygen atoms in total. The molecule has 0 radical (unpaired) electrons. The lowest BCUT2D eigenvalue weighted by molar-refractivity contribution is 0.0270. The highest BCUT2D eigenvalue weighted by Crippen LogP contribution is 2.34. The Labute approximate surface area is 112 Å². The van der Waals surface area contributed by atoms with Crippen LogP contribution in [0.4, 0.5) is 0 Å². The van der Waals surface area contributed by atoms with E-state index in [1.54, 1.807) is 5.57 Å². The monoisotopic (exact) mass is 248 g/mol. The molecule has 2 bridgehead atoms. The van der Waals surface area contributed by atoms with Gasteiger partial charge < -0.3 is 5.32 Å². The molecule has 1 N–H and O–H groups in total. The second-order valence-electron chi connectivity index (χ2n) is 6.44. The number of allylic oxidation sites excluding steroid dienone is 1. The van der Waals surface area contributed by atoms with E-state index in [0.29, 0.717) is 0 Å². The van der Waals surface area contributed by atoms with Gasteiger partial charge in [0.15, 0.2) is 0 Å². The first-order chi connectivity index (χ1) is 8.86. The van der Waals surface area contributed by atoms with Gasteiger partial charge in [-0.2, -0.15) is 0 Å². The number of fused-ring (bicyclic) bond motifs is 2. The molecule has 2 aliphatic heterocycles. The van der Waals surface area contributed by atoms with Gasteiger partial charge in [0.1, 0.15) is 0 Å². The van der Waals surface area contributed by atoms with Gasteiger partial charge in [0.2, 0.25) is 0 Å². The lowest BCUT2D eigenvalue weighted by Gasteiger charge is -2.49. The maximum absolute atomic E-state index is 3.51. The van der Waals surface area contributed by atoms with Crippen molar-refractivity contribution in [3.63, 3.8) is 0 Å². The summed E-state index contributed by atoms with van der Waals surface area (Å²) in [6.07, 6.45) is 15.1. The van der Waals surface area contributed by atoms with Crippen LogP contribution in [0.5, 0.6) is 0 Å². The second-order valence-corrected chi connectivity index (χ2v) is 6.44. The first kappa shape index (κ1) is 12.7.